The minimum atomic E-state index is 0.761. The van der Waals surface area contributed by atoms with Crippen molar-refractivity contribution in [1.29, 1.82) is 0 Å². The Morgan fingerprint density at radius 3 is 2.50 bits per heavy atom. The molecule has 16 heavy (non-hydrogen) atoms. The first-order valence-corrected chi connectivity index (χ1v) is 6.07. The quantitative estimate of drug-likeness (QED) is 0.733. The molecule has 0 unspecified atom stereocenters. The summed E-state index contributed by atoms with van der Waals surface area (Å²) >= 11 is 0. The summed E-state index contributed by atoms with van der Waals surface area (Å²) in [6.07, 6.45) is 1.99. The van der Waals surface area contributed by atoms with Gasteiger partial charge >= 0.3 is 0 Å². The topological polar surface area (TPSA) is 18.5 Å². The summed E-state index contributed by atoms with van der Waals surface area (Å²) in [7, 11) is 1.72. The monoisotopic (exact) mass is 224 g/mol. The lowest BCUT2D eigenvalue weighted by molar-refractivity contribution is 0.202. The summed E-state index contributed by atoms with van der Waals surface area (Å²) < 4.78 is 10.6. The van der Waals surface area contributed by atoms with E-state index in [9.17, 15) is 0 Å². The van der Waals surface area contributed by atoms with Crippen LogP contribution in [0, 0.1) is 0 Å². The zero-order valence-electron chi connectivity index (χ0n) is 11.0. The van der Waals surface area contributed by atoms with Gasteiger partial charge in [0.1, 0.15) is 5.75 Å². The highest BCUT2D eigenvalue weighted by Crippen LogP contribution is 2.13. The SMILES string of the molecule is CC.CCCOc1cccc(CCOC)c1. The van der Waals surface area contributed by atoms with Gasteiger partial charge in [-0.25, -0.2) is 0 Å². The fraction of sp³-hybridized carbons (Fsp3) is 0.571. The van der Waals surface area contributed by atoms with E-state index in [1.807, 2.05) is 26.0 Å². The third kappa shape index (κ3) is 6.46. The molecule has 1 rings (SSSR count). The number of hydrogen-bond acceptors (Lipinski definition) is 2. The normalized spacial score (nSPS) is 9.25. The fourth-order valence-electron chi connectivity index (χ4n) is 1.23. The molecule has 0 N–H and O–H groups in total. The van der Waals surface area contributed by atoms with Gasteiger partial charge < -0.3 is 9.47 Å². The third-order valence-corrected chi connectivity index (χ3v) is 1.97. The van der Waals surface area contributed by atoms with Crippen molar-refractivity contribution in [2.24, 2.45) is 0 Å². The lowest BCUT2D eigenvalue weighted by Gasteiger charge is -2.06. The van der Waals surface area contributed by atoms with E-state index < -0.39 is 0 Å². The van der Waals surface area contributed by atoms with E-state index in [0.29, 0.717) is 0 Å². The summed E-state index contributed by atoms with van der Waals surface area (Å²) in [4.78, 5) is 0. The van der Waals surface area contributed by atoms with E-state index in [0.717, 1.165) is 31.8 Å². The second kappa shape index (κ2) is 10.5. The Balaban J connectivity index is 0.00000106. The lowest BCUT2D eigenvalue weighted by atomic mass is 10.1. The molecule has 0 aliphatic carbocycles. The van der Waals surface area contributed by atoms with Crippen molar-refractivity contribution in [3.8, 4) is 5.75 Å². The summed E-state index contributed by atoms with van der Waals surface area (Å²) in [5.41, 5.74) is 1.26. The van der Waals surface area contributed by atoms with Crippen molar-refractivity contribution in [3.63, 3.8) is 0 Å². The van der Waals surface area contributed by atoms with Crippen LogP contribution in [0.5, 0.6) is 5.75 Å². The number of benzene rings is 1. The molecule has 0 heterocycles. The number of rotatable bonds is 6. The first-order chi connectivity index (χ1) is 7.86. The fourth-order valence-corrected chi connectivity index (χ4v) is 1.23. The number of methoxy groups -OCH3 is 1. The second-order valence-electron chi connectivity index (χ2n) is 3.24. The van der Waals surface area contributed by atoms with Crippen LogP contribution in [0.25, 0.3) is 0 Å². The van der Waals surface area contributed by atoms with Crippen LogP contribution in [0.3, 0.4) is 0 Å². The molecule has 0 aliphatic heterocycles. The van der Waals surface area contributed by atoms with E-state index in [1.165, 1.54) is 5.56 Å². The first kappa shape index (κ1) is 15.0. The lowest BCUT2D eigenvalue weighted by Crippen LogP contribution is -1.97. The van der Waals surface area contributed by atoms with E-state index >= 15 is 0 Å². The van der Waals surface area contributed by atoms with Crippen LogP contribution >= 0.6 is 0 Å². The van der Waals surface area contributed by atoms with E-state index in [-0.39, 0.29) is 0 Å². The van der Waals surface area contributed by atoms with Gasteiger partial charge in [0.05, 0.1) is 13.2 Å². The maximum Gasteiger partial charge on any atom is 0.119 e. The van der Waals surface area contributed by atoms with Gasteiger partial charge in [-0.3, -0.25) is 0 Å². The molecule has 0 fully saturated rings. The highest BCUT2D eigenvalue weighted by atomic mass is 16.5. The molecular weight excluding hydrogens is 200 g/mol. The Labute approximate surface area is 99.6 Å². The predicted molar refractivity (Wildman–Crippen MR) is 69.2 cm³/mol. The molecule has 0 bridgehead atoms. The van der Waals surface area contributed by atoms with Crippen LogP contribution in [0.1, 0.15) is 32.8 Å². The first-order valence-electron chi connectivity index (χ1n) is 6.07. The largest absolute Gasteiger partial charge is 0.494 e. The van der Waals surface area contributed by atoms with Gasteiger partial charge in [-0.15, -0.1) is 0 Å². The van der Waals surface area contributed by atoms with Crippen LogP contribution in [-0.2, 0) is 11.2 Å². The molecule has 0 radical (unpaired) electrons. The summed E-state index contributed by atoms with van der Waals surface area (Å²) in [5, 5.41) is 0. The molecular formula is C14H24O2. The summed E-state index contributed by atoms with van der Waals surface area (Å²) in [5.74, 6) is 0.959. The van der Waals surface area contributed by atoms with Crippen molar-refractivity contribution < 1.29 is 9.47 Å². The van der Waals surface area contributed by atoms with Gasteiger partial charge in [-0.2, -0.15) is 0 Å². The Morgan fingerprint density at radius 1 is 1.12 bits per heavy atom. The number of hydrogen-bond donors (Lipinski definition) is 0. The molecule has 0 amide bonds. The molecule has 0 atom stereocenters. The van der Waals surface area contributed by atoms with Crippen molar-refractivity contribution >= 4 is 0 Å². The van der Waals surface area contributed by atoms with Crippen molar-refractivity contribution in [2.75, 3.05) is 20.3 Å². The van der Waals surface area contributed by atoms with Crippen molar-refractivity contribution in [2.45, 2.75) is 33.6 Å². The van der Waals surface area contributed by atoms with Gasteiger partial charge in [-0.05, 0) is 30.5 Å². The van der Waals surface area contributed by atoms with Gasteiger partial charge in [0.25, 0.3) is 0 Å². The molecule has 0 saturated heterocycles. The summed E-state index contributed by atoms with van der Waals surface area (Å²) in [6, 6.07) is 8.19. The van der Waals surface area contributed by atoms with Crippen LogP contribution in [0.2, 0.25) is 0 Å². The molecule has 0 spiro atoms. The third-order valence-electron chi connectivity index (χ3n) is 1.97. The molecule has 2 nitrogen and oxygen atoms in total. The molecule has 0 saturated carbocycles. The van der Waals surface area contributed by atoms with E-state index in [1.54, 1.807) is 7.11 Å². The smallest absolute Gasteiger partial charge is 0.119 e. The standard InChI is InChI=1S/C12H18O2.C2H6/c1-3-8-14-12-6-4-5-11(10-12)7-9-13-2;1-2/h4-6,10H,3,7-9H2,1-2H3;1-2H3. The van der Waals surface area contributed by atoms with Gasteiger partial charge in [0.15, 0.2) is 0 Å². The average Bonchev–Trinajstić information content (AvgIpc) is 2.37. The summed E-state index contributed by atoms with van der Waals surface area (Å²) in [6.45, 7) is 7.65. The van der Waals surface area contributed by atoms with Crippen LogP contribution < -0.4 is 4.74 Å². The molecule has 92 valence electrons. The van der Waals surface area contributed by atoms with Gasteiger partial charge in [0, 0.05) is 7.11 Å². The van der Waals surface area contributed by atoms with Crippen LogP contribution in [0.4, 0.5) is 0 Å². The Kier molecular flexibility index (Phi) is 9.83. The maximum atomic E-state index is 5.53. The Morgan fingerprint density at radius 2 is 1.88 bits per heavy atom. The molecule has 1 aromatic rings. The van der Waals surface area contributed by atoms with Crippen LogP contribution in [0.15, 0.2) is 24.3 Å². The molecule has 2 heteroatoms. The number of ether oxygens (including phenoxy) is 2. The van der Waals surface area contributed by atoms with Gasteiger partial charge in [-0.1, -0.05) is 32.9 Å². The molecule has 0 aliphatic rings. The van der Waals surface area contributed by atoms with Crippen molar-refractivity contribution in [3.05, 3.63) is 29.8 Å². The van der Waals surface area contributed by atoms with E-state index in [4.69, 9.17) is 9.47 Å². The zero-order chi connectivity index (χ0) is 12.2. The van der Waals surface area contributed by atoms with E-state index in [2.05, 4.69) is 19.1 Å². The Hall–Kier alpha value is -1.02. The van der Waals surface area contributed by atoms with Crippen LogP contribution in [-0.4, -0.2) is 20.3 Å². The Bertz CT molecular complexity index is 235. The average molecular weight is 224 g/mol. The second-order valence-corrected chi connectivity index (χ2v) is 3.24. The van der Waals surface area contributed by atoms with Crippen molar-refractivity contribution in [1.82, 2.24) is 0 Å². The predicted octanol–water partition coefficient (Wildman–Crippen LogP) is 3.69. The highest BCUT2D eigenvalue weighted by molar-refractivity contribution is 5.28. The zero-order valence-corrected chi connectivity index (χ0v) is 11.0. The minimum Gasteiger partial charge on any atom is -0.494 e. The molecule has 0 aromatic heterocycles. The minimum absolute atomic E-state index is 0.761. The van der Waals surface area contributed by atoms with Gasteiger partial charge in [0.2, 0.25) is 0 Å². The maximum absolute atomic E-state index is 5.53. The molecule has 1 aromatic carbocycles. The highest BCUT2D eigenvalue weighted by Gasteiger charge is 1.96.